The van der Waals surface area contributed by atoms with E-state index in [4.69, 9.17) is 0 Å². The van der Waals surface area contributed by atoms with Crippen LogP contribution in [0.3, 0.4) is 0 Å². The molecule has 0 radical (unpaired) electrons. The number of aryl methyl sites for hydroxylation is 2. The van der Waals surface area contributed by atoms with E-state index in [0.717, 1.165) is 5.92 Å². The summed E-state index contributed by atoms with van der Waals surface area (Å²) in [7, 11) is 0. The van der Waals surface area contributed by atoms with Crippen LogP contribution in [0.4, 0.5) is 0 Å². The second-order valence-electron chi connectivity index (χ2n) is 6.03. The third-order valence-corrected chi connectivity index (χ3v) is 4.73. The van der Waals surface area contributed by atoms with Crippen LogP contribution in [-0.4, -0.2) is 0 Å². The van der Waals surface area contributed by atoms with Crippen LogP contribution in [0, 0.1) is 25.2 Å². The topological polar surface area (TPSA) is 0 Å². The molecule has 0 nitrogen and oxygen atoms in total. The van der Waals surface area contributed by atoms with E-state index in [9.17, 15) is 0 Å². The van der Waals surface area contributed by atoms with E-state index in [1.165, 1.54) is 19.3 Å². The molecule has 1 atom stereocenters. The Kier molecular flexibility index (Phi) is 2.70. The molecule has 0 saturated heterocycles. The van der Waals surface area contributed by atoms with E-state index >= 15 is 0 Å². The van der Waals surface area contributed by atoms with Crippen molar-refractivity contribution in [3.05, 3.63) is 20.9 Å². The van der Waals surface area contributed by atoms with Crippen LogP contribution in [-0.2, 0) is 12.8 Å². The van der Waals surface area contributed by atoms with Crippen molar-refractivity contribution in [2.24, 2.45) is 11.3 Å². The Hall–Kier alpha value is -0.300. The van der Waals surface area contributed by atoms with Gasteiger partial charge in [0, 0.05) is 9.75 Å². The molecule has 1 aromatic rings. The molecule has 0 bridgehead atoms. The number of thiophene rings is 1. The number of fused-ring (bicyclic) bond motifs is 1. The van der Waals surface area contributed by atoms with Gasteiger partial charge in [-0.3, -0.25) is 0 Å². The van der Waals surface area contributed by atoms with Crippen molar-refractivity contribution < 1.29 is 0 Å². The lowest BCUT2D eigenvalue weighted by atomic mass is 9.81. The standard InChI is InChI=1S/C14H22S/c1-9-6-12-10(2)15-11(3)13(12)8-14(4,5)7-9/h9H,6-8H2,1-5H3. The summed E-state index contributed by atoms with van der Waals surface area (Å²) in [6, 6.07) is 0. The Balaban J connectivity index is 2.47. The number of hydrogen-bond donors (Lipinski definition) is 0. The van der Waals surface area contributed by atoms with Crippen LogP contribution >= 0.6 is 11.3 Å². The highest BCUT2D eigenvalue weighted by molar-refractivity contribution is 7.12. The summed E-state index contributed by atoms with van der Waals surface area (Å²) in [4.78, 5) is 3.12. The normalized spacial score (nSPS) is 24.7. The van der Waals surface area contributed by atoms with Crippen LogP contribution < -0.4 is 0 Å². The van der Waals surface area contributed by atoms with Gasteiger partial charge in [0.05, 0.1) is 0 Å². The summed E-state index contributed by atoms with van der Waals surface area (Å²) in [5.41, 5.74) is 3.84. The van der Waals surface area contributed by atoms with Gasteiger partial charge in [0.15, 0.2) is 0 Å². The maximum Gasteiger partial charge on any atom is 0.00520 e. The van der Waals surface area contributed by atoms with E-state index < -0.39 is 0 Å². The lowest BCUT2D eigenvalue weighted by molar-refractivity contribution is 0.285. The molecule has 1 aromatic heterocycles. The highest BCUT2D eigenvalue weighted by Crippen LogP contribution is 2.41. The number of rotatable bonds is 0. The van der Waals surface area contributed by atoms with Gasteiger partial charge in [0.1, 0.15) is 0 Å². The SMILES string of the molecule is Cc1sc(C)c2c1CC(C)CC(C)(C)C2. The van der Waals surface area contributed by atoms with Crippen molar-refractivity contribution in [3.8, 4) is 0 Å². The highest BCUT2D eigenvalue weighted by Gasteiger charge is 2.29. The van der Waals surface area contributed by atoms with Gasteiger partial charge in [0.25, 0.3) is 0 Å². The molecule has 0 amide bonds. The maximum atomic E-state index is 2.42. The Morgan fingerprint density at radius 1 is 1.13 bits per heavy atom. The molecule has 0 spiro atoms. The first-order chi connectivity index (χ1) is 6.89. The summed E-state index contributed by atoms with van der Waals surface area (Å²) in [6.07, 6.45) is 3.95. The van der Waals surface area contributed by atoms with Gasteiger partial charge in [-0.15, -0.1) is 11.3 Å². The third-order valence-electron chi connectivity index (χ3n) is 3.63. The smallest absolute Gasteiger partial charge is 0.00520 e. The molecular formula is C14H22S. The van der Waals surface area contributed by atoms with E-state index in [2.05, 4.69) is 34.6 Å². The molecule has 0 saturated carbocycles. The van der Waals surface area contributed by atoms with E-state index in [0.29, 0.717) is 5.41 Å². The summed E-state index contributed by atoms with van der Waals surface area (Å²) >= 11 is 2.00. The molecule has 0 aliphatic heterocycles. The average molecular weight is 222 g/mol. The van der Waals surface area contributed by atoms with Gasteiger partial charge in [-0.05, 0) is 55.6 Å². The molecule has 2 rings (SSSR count). The summed E-state index contributed by atoms with van der Waals surface area (Å²) in [6.45, 7) is 11.8. The van der Waals surface area contributed by atoms with Crippen LogP contribution in [0.2, 0.25) is 0 Å². The summed E-state index contributed by atoms with van der Waals surface area (Å²) < 4.78 is 0. The molecule has 1 heteroatoms. The Morgan fingerprint density at radius 2 is 1.73 bits per heavy atom. The fourth-order valence-corrected chi connectivity index (χ4v) is 4.30. The van der Waals surface area contributed by atoms with Gasteiger partial charge in [-0.1, -0.05) is 20.8 Å². The zero-order valence-electron chi connectivity index (χ0n) is 10.6. The van der Waals surface area contributed by atoms with Crippen molar-refractivity contribution in [1.29, 1.82) is 0 Å². The molecule has 0 aromatic carbocycles. The van der Waals surface area contributed by atoms with Crippen LogP contribution in [0.1, 0.15) is 48.1 Å². The molecular weight excluding hydrogens is 200 g/mol. The Morgan fingerprint density at radius 3 is 2.40 bits per heavy atom. The quantitative estimate of drug-likeness (QED) is 0.566. The lowest BCUT2D eigenvalue weighted by Crippen LogP contribution is -2.16. The molecule has 1 aliphatic rings. The van der Waals surface area contributed by atoms with E-state index in [1.807, 2.05) is 11.3 Å². The molecule has 1 heterocycles. The predicted octanol–water partition coefficient (Wildman–Crippen LogP) is 4.52. The van der Waals surface area contributed by atoms with Crippen molar-refractivity contribution in [2.75, 3.05) is 0 Å². The van der Waals surface area contributed by atoms with Crippen molar-refractivity contribution >= 4 is 11.3 Å². The summed E-state index contributed by atoms with van der Waals surface area (Å²) in [5.74, 6) is 0.842. The van der Waals surface area contributed by atoms with Crippen molar-refractivity contribution in [2.45, 2.75) is 53.9 Å². The third kappa shape index (κ3) is 2.13. The monoisotopic (exact) mass is 222 g/mol. The van der Waals surface area contributed by atoms with Gasteiger partial charge < -0.3 is 0 Å². The fourth-order valence-electron chi connectivity index (χ4n) is 3.19. The highest BCUT2D eigenvalue weighted by atomic mass is 32.1. The summed E-state index contributed by atoms with van der Waals surface area (Å²) in [5, 5.41) is 0. The second kappa shape index (κ2) is 3.62. The molecule has 1 aliphatic carbocycles. The first-order valence-electron chi connectivity index (χ1n) is 5.97. The number of hydrogen-bond acceptors (Lipinski definition) is 1. The molecule has 0 N–H and O–H groups in total. The van der Waals surface area contributed by atoms with E-state index in [-0.39, 0.29) is 0 Å². The van der Waals surface area contributed by atoms with Gasteiger partial charge >= 0.3 is 0 Å². The fraction of sp³-hybridized carbons (Fsp3) is 0.714. The Labute approximate surface area is 97.7 Å². The minimum absolute atomic E-state index is 0.489. The van der Waals surface area contributed by atoms with Crippen LogP contribution in [0.15, 0.2) is 0 Å². The lowest BCUT2D eigenvalue weighted by Gasteiger charge is -2.25. The van der Waals surface area contributed by atoms with Gasteiger partial charge in [-0.25, -0.2) is 0 Å². The van der Waals surface area contributed by atoms with Gasteiger partial charge in [-0.2, -0.15) is 0 Å². The molecule has 15 heavy (non-hydrogen) atoms. The van der Waals surface area contributed by atoms with Crippen molar-refractivity contribution in [1.82, 2.24) is 0 Å². The zero-order valence-corrected chi connectivity index (χ0v) is 11.4. The second-order valence-corrected chi connectivity index (χ2v) is 7.45. The largest absolute Gasteiger partial charge is 0.145 e. The van der Waals surface area contributed by atoms with Crippen molar-refractivity contribution in [3.63, 3.8) is 0 Å². The zero-order chi connectivity index (χ0) is 11.2. The Bertz CT molecular complexity index is 371. The van der Waals surface area contributed by atoms with Crippen LogP contribution in [0.25, 0.3) is 0 Å². The molecule has 0 fully saturated rings. The van der Waals surface area contributed by atoms with E-state index in [1.54, 1.807) is 20.9 Å². The minimum atomic E-state index is 0.489. The first kappa shape index (κ1) is 11.2. The molecule has 84 valence electrons. The average Bonchev–Trinajstić information content (AvgIpc) is 2.29. The van der Waals surface area contributed by atoms with Gasteiger partial charge in [0.2, 0.25) is 0 Å². The minimum Gasteiger partial charge on any atom is -0.145 e. The maximum absolute atomic E-state index is 2.42. The molecule has 1 unspecified atom stereocenters. The van der Waals surface area contributed by atoms with Crippen LogP contribution in [0.5, 0.6) is 0 Å². The first-order valence-corrected chi connectivity index (χ1v) is 6.78. The predicted molar refractivity (Wildman–Crippen MR) is 68.8 cm³/mol.